The number of hydrogen-bond donors (Lipinski definition) is 2. The van der Waals surface area contributed by atoms with Gasteiger partial charge in [-0.1, -0.05) is 11.6 Å². The van der Waals surface area contributed by atoms with Crippen molar-refractivity contribution >= 4 is 28.9 Å². The van der Waals surface area contributed by atoms with E-state index in [4.69, 9.17) is 21.1 Å². The van der Waals surface area contributed by atoms with Gasteiger partial charge in [-0.25, -0.2) is 4.98 Å². The van der Waals surface area contributed by atoms with Crippen LogP contribution in [0, 0.1) is 0 Å². The number of halogens is 1. The molecular weight excluding hydrogens is 342 g/mol. The van der Waals surface area contributed by atoms with Crippen LogP contribution in [0.25, 0.3) is 0 Å². The Bertz CT molecular complexity index is 731. The first-order valence-corrected chi connectivity index (χ1v) is 8.50. The molecule has 1 amide bonds. The van der Waals surface area contributed by atoms with Crippen LogP contribution < -0.4 is 15.4 Å². The van der Waals surface area contributed by atoms with Crippen molar-refractivity contribution in [3.8, 4) is 5.75 Å². The molecule has 1 aliphatic heterocycles. The minimum Gasteiger partial charge on any atom is -0.495 e. The van der Waals surface area contributed by atoms with Crippen LogP contribution in [0.15, 0.2) is 36.5 Å². The largest absolute Gasteiger partial charge is 0.495 e. The normalized spacial score (nSPS) is 16.5. The molecule has 0 bridgehead atoms. The highest BCUT2D eigenvalue weighted by atomic mass is 35.5. The van der Waals surface area contributed by atoms with E-state index < -0.39 is 0 Å². The van der Waals surface area contributed by atoms with Gasteiger partial charge in [0.25, 0.3) is 5.91 Å². The SMILES string of the molecule is COc1ccc(NC(=O)c2ccc(NCC3CCCO3)cn2)cc1Cl. The second-order valence-electron chi connectivity index (χ2n) is 5.75. The standard InChI is InChI=1S/C18H20ClN3O3/c1-24-17-7-5-12(9-15(17)19)22-18(23)16-6-4-13(10-21-16)20-11-14-3-2-8-25-14/h4-7,9-10,14,20H,2-3,8,11H2,1H3,(H,22,23). The predicted molar refractivity (Wildman–Crippen MR) is 97.7 cm³/mol. The summed E-state index contributed by atoms with van der Waals surface area (Å²) in [4.78, 5) is 16.5. The van der Waals surface area contributed by atoms with Gasteiger partial charge in [-0.2, -0.15) is 0 Å². The van der Waals surface area contributed by atoms with Gasteiger partial charge in [0.2, 0.25) is 0 Å². The third-order valence-corrected chi connectivity index (χ3v) is 4.26. The van der Waals surface area contributed by atoms with Gasteiger partial charge in [-0.05, 0) is 43.2 Å². The van der Waals surface area contributed by atoms with Gasteiger partial charge in [0.15, 0.2) is 0 Å². The summed E-state index contributed by atoms with van der Waals surface area (Å²) in [6.45, 7) is 1.58. The van der Waals surface area contributed by atoms with Crippen molar-refractivity contribution in [1.29, 1.82) is 0 Å². The average molecular weight is 362 g/mol. The maximum Gasteiger partial charge on any atom is 0.274 e. The van der Waals surface area contributed by atoms with Gasteiger partial charge >= 0.3 is 0 Å². The van der Waals surface area contributed by atoms with Gasteiger partial charge in [-0.15, -0.1) is 0 Å². The third-order valence-electron chi connectivity index (χ3n) is 3.96. The fourth-order valence-corrected chi connectivity index (χ4v) is 2.87. The number of carbonyl (C=O) groups excluding carboxylic acids is 1. The maximum absolute atomic E-state index is 12.3. The van der Waals surface area contributed by atoms with Gasteiger partial charge < -0.3 is 20.1 Å². The fraction of sp³-hybridized carbons (Fsp3) is 0.333. The molecule has 1 unspecified atom stereocenters. The molecule has 1 fully saturated rings. The lowest BCUT2D eigenvalue weighted by atomic mass is 10.2. The summed E-state index contributed by atoms with van der Waals surface area (Å²) in [5.41, 5.74) is 1.77. The highest BCUT2D eigenvalue weighted by Gasteiger charge is 2.15. The van der Waals surface area contributed by atoms with Crippen molar-refractivity contribution in [1.82, 2.24) is 4.98 Å². The van der Waals surface area contributed by atoms with E-state index in [0.717, 1.165) is 31.7 Å². The molecule has 1 aromatic carbocycles. The van der Waals surface area contributed by atoms with E-state index in [1.165, 1.54) is 7.11 Å². The molecule has 0 radical (unpaired) electrons. The van der Waals surface area contributed by atoms with E-state index in [1.54, 1.807) is 30.5 Å². The monoisotopic (exact) mass is 361 g/mol. The van der Waals surface area contributed by atoms with Crippen LogP contribution in [0.1, 0.15) is 23.3 Å². The van der Waals surface area contributed by atoms with Gasteiger partial charge in [0.05, 0.1) is 30.1 Å². The van der Waals surface area contributed by atoms with E-state index in [-0.39, 0.29) is 12.0 Å². The second kappa shape index (κ2) is 8.18. The number of benzene rings is 1. The Kier molecular flexibility index (Phi) is 5.73. The lowest BCUT2D eigenvalue weighted by Crippen LogP contribution is -2.19. The lowest BCUT2D eigenvalue weighted by molar-refractivity contribution is 0.102. The zero-order valence-corrected chi connectivity index (χ0v) is 14.7. The number of rotatable bonds is 6. The zero-order valence-electron chi connectivity index (χ0n) is 13.9. The van der Waals surface area contributed by atoms with Crippen LogP contribution in [0.3, 0.4) is 0 Å². The van der Waals surface area contributed by atoms with Crippen LogP contribution in [-0.2, 0) is 4.74 Å². The number of ether oxygens (including phenoxy) is 2. The van der Waals surface area contributed by atoms with Gasteiger partial charge in [-0.3, -0.25) is 4.79 Å². The number of pyridine rings is 1. The minimum absolute atomic E-state index is 0.253. The quantitative estimate of drug-likeness (QED) is 0.822. The summed E-state index contributed by atoms with van der Waals surface area (Å²) in [5.74, 6) is 0.256. The van der Waals surface area contributed by atoms with Crippen LogP contribution in [0.4, 0.5) is 11.4 Å². The van der Waals surface area contributed by atoms with Crippen LogP contribution >= 0.6 is 11.6 Å². The first-order chi connectivity index (χ1) is 12.2. The molecule has 132 valence electrons. The number of aromatic nitrogens is 1. The number of amides is 1. The Hall–Kier alpha value is -2.31. The molecule has 0 spiro atoms. The highest BCUT2D eigenvalue weighted by Crippen LogP contribution is 2.27. The molecule has 25 heavy (non-hydrogen) atoms. The molecule has 1 aromatic heterocycles. The van der Waals surface area contributed by atoms with E-state index in [0.29, 0.717) is 22.2 Å². The van der Waals surface area contributed by atoms with Crippen LogP contribution in [-0.4, -0.2) is 37.3 Å². The number of anilines is 2. The Morgan fingerprint density at radius 3 is 2.84 bits per heavy atom. The Morgan fingerprint density at radius 1 is 1.36 bits per heavy atom. The van der Waals surface area contributed by atoms with E-state index in [9.17, 15) is 4.79 Å². The van der Waals surface area contributed by atoms with Crippen molar-refractivity contribution in [2.45, 2.75) is 18.9 Å². The summed E-state index contributed by atoms with van der Waals surface area (Å²) in [5, 5.41) is 6.47. The Labute approximate surface area is 151 Å². The first-order valence-electron chi connectivity index (χ1n) is 8.12. The summed E-state index contributed by atoms with van der Waals surface area (Å²) >= 11 is 6.06. The Balaban J connectivity index is 1.57. The van der Waals surface area contributed by atoms with Crippen LogP contribution in [0.2, 0.25) is 5.02 Å². The molecular formula is C18H20ClN3O3. The number of hydrogen-bond acceptors (Lipinski definition) is 5. The molecule has 1 aliphatic rings. The molecule has 3 rings (SSSR count). The van der Waals surface area contributed by atoms with Gasteiger partial charge in [0, 0.05) is 18.8 Å². The zero-order chi connectivity index (χ0) is 17.6. The van der Waals surface area contributed by atoms with Crippen LogP contribution in [0.5, 0.6) is 5.75 Å². The van der Waals surface area contributed by atoms with Gasteiger partial charge in [0.1, 0.15) is 11.4 Å². The molecule has 1 atom stereocenters. The summed E-state index contributed by atoms with van der Waals surface area (Å²) in [6, 6.07) is 8.57. The smallest absolute Gasteiger partial charge is 0.274 e. The summed E-state index contributed by atoms with van der Waals surface area (Å²) in [6.07, 6.45) is 4.08. The first kappa shape index (κ1) is 17.5. The van der Waals surface area contributed by atoms with E-state index in [1.807, 2.05) is 6.07 Å². The lowest BCUT2D eigenvalue weighted by Gasteiger charge is -2.12. The number of carbonyl (C=O) groups is 1. The van der Waals surface area contributed by atoms with Crippen molar-refractivity contribution in [2.75, 3.05) is 30.9 Å². The molecule has 2 heterocycles. The Morgan fingerprint density at radius 2 is 2.20 bits per heavy atom. The molecule has 0 saturated carbocycles. The molecule has 0 aliphatic carbocycles. The van der Waals surface area contributed by atoms with Crippen molar-refractivity contribution in [3.63, 3.8) is 0 Å². The molecule has 2 aromatic rings. The summed E-state index contributed by atoms with van der Waals surface area (Å²) in [7, 11) is 1.54. The maximum atomic E-state index is 12.3. The van der Waals surface area contributed by atoms with Crippen molar-refractivity contribution < 1.29 is 14.3 Å². The topological polar surface area (TPSA) is 72.5 Å². The van der Waals surface area contributed by atoms with Crippen molar-refractivity contribution in [2.24, 2.45) is 0 Å². The number of nitrogens with zero attached hydrogens (tertiary/aromatic N) is 1. The number of methoxy groups -OCH3 is 1. The molecule has 7 heteroatoms. The molecule has 2 N–H and O–H groups in total. The highest BCUT2D eigenvalue weighted by molar-refractivity contribution is 6.32. The average Bonchev–Trinajstić information content (AvgIpc) is 3.14. The minimum atomic E-state index is -0.299. The third kappa shape index (κ3) is 4.61. The van der Waals surface area contributed by atoms with E-state index in [2.05, 4.69) is 15.6 Å². The number of nitrogens with one attached hydrogen (secondary N) is 2. The second-order valence-corrected chi connectivity index (χ2v) is 6.16. The molecule has 1 saturated heterocycles. The summed E-state index contributed by atoms with van der Waals surface area (Å²) < 4.78 is 10.7. The molecule has 6 nitrogen and oxygen atoms in total. The van der Waals surface area contributed by atoms with Crippen molar-refractivity contribution in [3.05, 3.63) is 47.2 Å². The predicted octanol–water partition coefficient (Wildman–Crippen LogP) is 3.59. The van der Waals surface area contributed by atoms with E-state index >= 15 is 0 Å². The fourth-order valence-electron chi connectivity index (χ4n) is 2.61.